The molecule has 0 spiro atoms. The minimum Gasteiger partial charge on any atom is -0.494 e. The Hall–Kier alpha value is -2.58. The molecule has 1 aromatic heterocycles. The summed E-state index contributed by atoms with van der Waals surface area (Å²) in [5.41, 5.74) is 1.62. The minimum absolute atomic E-state index is 0.272. The summed E-state index contributed by atoms with van der Waals surface area (Å²) in [5.74, 6) is 0.761. The molecule has 0 radical (unpaired) electrons. The number of thiazole rings is 1. The normalized spacial score (nSPS) is 10.7. The van der Waals surface area contributed by atoms with E-state index in [-0.39, 0.29) is 24.9 Å². The van der Waals surface area contributed by atoms with Gasteiger partial charge in [0.2, 0.25) is 0 Å². The van der Waals surface area contributed by atoms with E-state index in [1.54, 1.807) is 47.4 Å². The number of esters is 1. The van der Waals surface area contributed by atoms with Crippen LogP contribution in [0.1, 0.15) is 19.8 Å². The lowest BCUT2D eigenvalue weighted by atomic mass is 10.3. The number of fused-ring (bicyclic) bond motifs is 1. The summed E-state index contributed by atoms with van der Waals surface area (Å²) >= 11 is 3.28. The zero-order chi connectivity index (χ0) is 20.5. The maximum Gasteiger partial charge on any atom is 0.306 e. The molecule has 2 aromatic carbocycles. The van der Waals surface area contributed by atoms with Crippen LogP contribution in [-0.4, -0.2) is 35.8 Å². The van der Waals surface area contributed by atoms with Gasteiger partial charge in [0.1, 0.15) is 5.75 Å². The van der Waals surface area contributed by atoms with E-state index in [4.69, 9.17) is 9.47 Å². The Kier molecular flexibility index (Phi) is 7.89. The number of nitrogens with one attached hydrogen (secondary N) is 1. The van der Waals surface area contributed by atoms with E-state index < -0.39 is 0 Å². The smallest absolute Gasteiger partial charge is 0.306 e. The average Bonchev–Trinajstić information content (AvgIpc) is 3.14. The number of rotatable bonds is 10. The van der Waals surface area contributed by atoms with Crippen molar-refractivity contribution >= 4 is 50.9 Å². The van der Waals surface area contributed by atoms with Crippen LogP contribution in [0.4, 0.5) is 5.69 Å². The SMILES string of the molecule is CCOc1ccc(NC(=O)COC(=O)CCCSc2nc3ccccc3s2)cc1. The Labute approximate surface area is 177 Å². The van der Waals surface area contributed by atoms with Gasteiger partial charge in [-0.3, -0.25) is 9.59 Å². The van der Waals surface area contributed by atoms with Crippen molar-refractivity contribution in [3.63, 3.8) is 0 Å². The van der Waals surface area contributed by atoms with Gasteiger partial charge in [0.25, 0.3) is 5.91 Å². The van der Waals surface area contributed by atoms with Gasteiger partial charge >= 0.3 is 5.97 Å². The summed E-state index contributed by atoms with van der Waals surface area (Å²) in [5, 5.41) is 2.69. The lowest BCUT2D eigenvalue weighted by Gasteiger charge is -2.08. The van der Waals surface area contributed by atoms with E-state index in [2.05, 4.69) is 10.3 Å². The second-order valence-corrected chi connectivity index (χ2v) is 8.44. The van der Waals surface area contributed by atoms with Crippen molar-refractivity contribution in [2.75, 3.05) is 24.3 Å². The van der Waals surface area contributed by atoms with Crippen molar-refractivity contribution < 1.29 is 19.1 Å². The molecule has 3 rings (SSSR count). The molecule has 0 saturated heterocycles. The fourth-order valence-corrected chi connectivity index (χ4v) is 4.58. The van der Waals surface area contributed by atoms with Crippen molar-refractivity contribution in [1.82, 2.24) is 4.98 Å². The molecule has 6 nitrogen and oxygen atoms in total. The number of para-hydroxylation sites is 1. The van der Waals surface area contributed by atoms with Crippen molar-refractivity contribution in [1.29, 1.82) is 0 Å². The van der Waals surface area contributed by atoms with Crippen LogP contribution < -0.4 is 10.1 Å². The molecule has 0 aliphatic rings. The lowest BCUT2D eigenvalue weighted by Crippen LogP contribution is -2.20. The van der Waals surface area contributed by atoms with Gasteiger partial charge in [-0.25, -0.2) is 4.98 Å². The highest BCUT2D eigenvalue weighted by Crippen LogP contribution is 2.29. The first-order valence-electron chi connectivity index (χ1n) is 9.31. The Morgan fingerprint density at radius 1 is 1.14 bits per heavy atom. The molecule has 0 atom stereocenters. The van der Waals surface area contributed by atoms with Crippen LogP contribution >= 0.6 is 23.1 Å². The molecule has 3 aromatic rings. The van der Waals surface area contributed by atoms with E-state index in [0.29, 0.717) is 18.7 Å². The first-order valence-corrected chi connectivity index (χ1v) is 11.1. The van der Waals surface area contributed by atoms with Gasteiger partial charge in [0.05, 0.1) is 16.8 Å². The number of amides is 1. The van der Waals surface area contributed by atoms with Crippen LogP contribution in [0.15, 0.2) is 52.9 Å². The molecule has 1 N–H and O–H groups in total. The van der Waals surface area contributed by atoms with E-state index >= 15 is 0 Å². The van der Waals surface area contributed by atoms with Gasteiger partial charge in [-0.15, -0.1) is 11.3 Å². The summed E-state index contributed by atoms with van der Waals surface area (Å²) in [6.07, 6.45) is 0.939. The third kappa shape index (κ3) is 6.76. The van der Waals surface area contributed by atoms with Crippen molar-refractivity contribution in [3.8, 4) is 5.75 Å². The predicted octanol–water partition coefficient (Wildman–Crippen LogP) is 4.75. The predicted molar refractivity (Wildman–Crippen MR) is 117 cm³/mol. The molecular weight excluding hydrogens is 408 g/mol. The van der Waals surface area contributed by atoms with E-state index in [0.717, 1.165) is 26.1 Å². The molecule has 152 valence electrons. The summed E-state index contributed by atoms with van der Waals surface area (Å²) < 4.78 is 12.5. The lowest BCUT2D eigenvalue weighted by molar-refractivity contribution is -0.147. The van der Waals surface area contributed by atoms with Crippen molar-refractivity contribution in [3.05, 3.63) is 48.5 Å². The van der Waals surface area contributed by atoms with Crippen molar-refractivity contribution in [2.24, 2.45) is 0 Å². The molecule has 0 unspecified atom stereocenters. The molecule has 29 heavy (non-hydrogen) atoms. The Morgan fingerprint density at radius 2 is 1.93 bits per heavy atom. The third-order valence-corrected chi connectivity index (χ3v) is 6.10. The molecule has 8 heteroatoms. The van der Waals surface area contributed by atoms with E-state index in [9.17, 15) is 9.59 Å². The number of anilines is 1. The van der Waals surface area contributed by atoms with Gasteiger partial charge in [0, 0.05) is 17.9 Å². The number of aromatic nitrogens is 1. The quantitative estimate of drug-likeness (QED) is 0.284. The van der Waals surface area contributed by atoms with Gasteiger partial charge in [-0.1, -0.05) is 23.9 Å². The zero-order valence-electron chi connectivity index (χ0n) is 16.1. The molecule has 0 bridgehead atoms. The van der Waals surface area contributed by atoms with Crippen molar-refractivity contribution in [2.45, 2.75) is 24.1 Å². The molecule has 0 aliphatic heterocycles. The molecule has 0 aliphatic carbocycles. The van der Waals surface area contributed by atoms with E-state index in [1.165, 1.54) is 0 Å². The topological polar surface area (TPSA) is 77.5 Å². The minimum atomic E-state index is -0.378. The first kappa shape index (κ1) is 21.1. The number of carbonyl (C=O) groups is 2. The second-order valence-electron chi connectivity index (χ2n) is 6.07. The van der Waals surface area contributed by atoms with E-state index in [1.807, 2.05) is 31.2 Å². The Morgan fingerprint density at radius 3 is 2.69 bits per heavy atom. The summed E-state index contributed by atoms with van der Waals surface area (Å²) in [6, 6.07) is 15.0. The maximum absolute atomic E-state index is 11.9. The van der Waals surface area contributed by atoms with Crippen LogP contribution in [-0.2, 0) is 14.3 Å². The number of hydrogen-bond acceptors (Lipinski definition) is 7. The summed E-state index contributed by atoms with van der Waals surface area (Å²) in [7, 11) is 0. The highest BCUT2D eigenvalue weighted by atomic mass is 32.2. The van der Waals surface area contributed by atoms with Gasteiger partial charge in [-0.2, -0.15) is 0 Å². The molecule has 0 fully saturated rings. The second kappa shape index (κ2) is 10.8. The highest BCUT2D eigenvalue weighted by molar-refractivity contribution is 8.01. The van der Waals surface area contributed by atoms with Crippen LogP contribution in [0.25, 0.3) is 10.2 Å². The number of carbonyl (C=O) groups excluding carboxylic acids is 2. The largest absolute Gasteiger partial charge is 0.494 e. The summed E-state index contributed by atoms with van der Waals surface area (Å²) in [6.45, 7) is 2.20. The molecule has 1 heterocycles. The fourth-order valence-electron chi connectivity index (χ4n) is 2.51. The molecular formula is C21H22N2O4S2. The number of ether oxygens (including phenoxy) is 2. The Bertz CT molecular complexity index is 924. The Balaban J connectivity index is 1.31. The van der Waals surface area contributed by atoms with Crippen LogP contribution in [0.3, 0.4) is 0 Å². The first-order chi connectivity index (χ1) is 14.1. The molecule has 1 amide bonds. The maximum atomic E-state index is 11.9. The monoisotopic (exact) mass is 430 g/mol. The van der Waals surface area contributed by atoms with Gasteiger partial charge < -0.3 is 14.8 Å². The number of thioether (sulfide) groups is 1. The zero-order valence-corrected chi connectivity index (χ0v) is 17.7. The average molecular weight is 431 g/mol. The number of benzene rings is 2. The number of nitrogens with zero attached hydrogens (tertiary/aromatic N) is 1. The van der Waals surface area contributed by atoms with Crippen LogP contribution in [0.5, 0.6) is 5.75 Å². The van der Waals surface area contributed by atoms with Gasteiger partial charge in [-0.05, 0) is 49.7 Å². The standard InChI is InChI=1S/C21H22N2O4S2/c1-2-26-16-11-9-15(10-12-16)22-19(24)14-27-20(25)8-5-13-28-21-23-17-6-3-4-7-18(17)29-21/h3-4,6-7,9-12H,2,5,8,13-14H2,1H3,(H,22,24). The number of hydrogen-bond donors (Lipinski definition) is 1. The fraction of sp³-hybridized carbons (Fsp3) is 0.286. The van der Waals surface area contributed by atoms with Gasteiger partial charge in [0.15, 0.2) is 10.9 Å². The van der Waals surface area contributed by atoms with Crippen LogP contribution in [0, 0.1) is 0 Å². The van der Waals surface area contributed by atoms with Crippen LogP contribution in [0.2, 0.25) is 0 Å². The molecule has 0 saturated carbocycles. The summed E-state index contributed by atoms with van der Waals surface area (Å²) in [4.78, 5) is 28.3. The highest BCUT2D eigenvalue weighted by Gasteiger charge is 2.09. The third-order valence-electron chi connectivity index (χ3n) is 3.84.